The lowest BCUT2D eigenvalue weighted by Gasteiger charge is -2.34. The molecule has 3 heteroatoms. The fraction of sp³-hybridized carbons (Fsp3) is 0.0448. The topological polar surface area (TPSA) is 17.4 Å². The van der Waals surface area contributed by atoms with Gasteiger partial charge in [-0.05, 0) is 134 Å². The Labute approximate surface area is 408 Å². The third-order valence-electron chi connectivity index (χ3n) is 14.7. The molecule has 0 saturated carbocycles. The van der Waals surface area contributed by atoms with E-state index in [9.17, 15) is 0 Å². The zero-order chi connectivity index (χ0) is 46.8. The highest BCUT2D eigenvalue weighted by atomic mass is 16.5. The number of nitrogens with zero attached hydrogens (tertiary/aromatic N) is 2. The summed E-state index contributed by atoms with van der Waals surface area (Å²) in [5.74, 6) is 0.828. The summed E-state index contributed by atoms with van der Waals surface area (Å²) in [4.78, 5) is 2.34. The number of hydrogen-bond acceptors (Lipinski definition) is 2. The fourth-order valence-electron chi connectivity index (χ4n) is 11.5. The van der Waals surface area contributed by atoms with Gasteiger partial charge in [-0.15, -0.1) is 0 Å². The molecule has 70 heavy (non-hydrogen) atoms. The molecule has 1 aromatic heterocycles. The van der Waals surface area contributed by atoms with Gasteiger partial charge in [0.1, 0.15) is 5.75 Å². The summed E-state index contributed by atoms with van der Waals surface area (Å²) in [6.07, 6.45) is 0. The molecule has 0 amide bonds. The summed E-state index contributed by atoms with van der Waals surface area (Å²) in [5.41, 5.74) is 19.8. The van der Waals surface area contributed by atoms with Crippen molar-refractivity contribution < 1.29 is 4.74 Å². The summed E-state index contributed by atoms with van der Waals surface area (Å²) in [6.45, 7) is 2.13. The predicted octanol–water partition coefficient (Wildman–Crippen LogP) is 17.4. The number of hydrogen-bond donors (Lipinski definition) is 0. The van der Waals surface area contributed by atoms with Gasteiger partial charge in [0.2, 0.25) is 0 Å². The molecule has 12 aromatic rings. The van der Waals surface area contributed by atoms with Crippen LogP contribution in [0.3, 0.4) is 0 Å². The quantitative estimate of drug-likeness (QED) is 0.144. The number of rotatable bonds is 9. The molecule has 0 saturated heterocycles. The highest BCUT2D eigenvalue weighted by Crippen LogP contribution is 2.57. The van der Waals surface area contributed by atoms with Gasteiger partial charge in [0, 0.05) is 33.4 Å². The van der Waals surface area contributed by atoms with E-state index in [4.69, 9.17) is 4.74 Å². The van der Waals surface area contributed by atoms with Crippen LogP contribution in [0.5, 0.6) is 5.75 Å². The summed E-state index contributed by atoms with van der Waals surface area (Å²) in [6, 6.07) is 93.6. The lowest BCUT2D eigenvalue weighted by molar-refractivity contribution is 0.415. The Morgan fingerprint density at radius 3 is 1.63 bits per heavy atom. The lowest BCUT2D eigenvalue weighted by Crippen LogP contribution is -2.28. The minimum atomic E-state index is -0.507. The van der Waals surface area contributed by atoms with Gasteiger partial charge >= 0.3 is 0 Å². The van der Waals surface area contributed by atoms with Gasteiger partial charge < -0.3 is 14.2 Å². The van der Waals surface area contributed by atoms with E-state index in [-0.39, 0.29) is 0 Å². The first-order valence-electron chi connectivity index (χ1n) is 24.1. The number of methoxy groups -OCH3 is 1. The van der Waals surface area contributed by atoms with Gasteiger partial charge in [0.15, 0.2) is 0 Å². The molecule has 0 bridgehead atoms. The molecule has 0 unspecified atom stereocenters. The van der Waals surface area contributed by atoms with E-state index in [1.165, 1.54) is 82.6 Å². The molecule has 0 fully saturated rings. The first-order chi connectivity index (χ1) is 34.6. The van der Waals surface area contributed by atoms with E-state index < -0.39 is 5.41 Å². The second-order valence-electron chi connectivity index (χ2n) is 18.4. The predicted molar refractivity (Wildman–Crippen MR) is 292 cm³/mol. The molecule has 332 valence electrons. The van der Waals surface area contributed by atoms with Crippen molar-refractivity contribution in [1.29, 1.82) is 0 Å². The van der Waals surface area contributed by atoms with Crippen LogP contribution in [-0.2, 0) is 5.41 Å². The van der Waals surface area contributed by atoms with Crippen LogP contribution in [-0.4, -0.2) is 11.7 Å². The molecule has 0 spiro atoms. The van der Waals surface area contributed by atoms with Crippen molar-refractivity contribution in [3.05, 3.63) is 283 Å². The number of fused-ring (bicyclic) bond motifs is 8. The van der Waals surface area contributed by atoms with Crippen molar-refractivity contribution in [2.24, 2.45) is 0 Å². The average Bonchev–Trinajstić information content (AvgIpc) is 3.93. The van der Waals surface area contributed by atoms with Crippen LogP contribution in [0.15, 0.2) is 255 Å². The molecule has 0 atom stereocenters. The Kier molecular flexibility index (Phi) is 9.85. The SMILES string of the molecule is COc1ccc(N(c2ccc(C)cc2)c2ccccc2-c2ccc(-c3cc4c(c5ccccc35)c3ccccc3n4-c3ccc4c(c3)C(c3ccccc3)(c3ccccc3)c3ccccc3-4)cc2)cc1. The summed E-state index contributed by atoms with van der Waals surface area (Å²) >= 11 is 0. The lowest BCUT2D eigenvalue weighted by atomic mass is 9.67. The molecule has 1 heterocycles. The number of anilines is 3. The van der Waals surface area contributed by atoms with Gasteiger partial charge in [0.05, 0.1) is 29.2 Å². The highest BCUT2D eigenvalue weighted by Gasteiger charge is 2.46. The van der Waals surface area contributed by atoms with Crippen LogP contribution >= 0.6 is 0 Å². The van der Waals surface area contributed by atoms with Gasteiger partial charge in [-0.3, -0.25) is 0 Å². The van der Waals surface area contributed by atoms with Crippen molar-refractivity contribution in [1.82, 2.24) is 4.57 Å². The molecular formula is C67H48N2O. The second-order valence-corrected chi connectivity index (χ2v) is 18.4. The Morgan fingerprint density at radius 1 is 0.400 bits per heavy atom. The molecule has 11 aromatic carbocycles. The largest absolute Gasteiger partial charge is 0.497 e. The molecule has 0 N–H and O–H groups in total. The Morgan fingerprint density at radius 2 is 0.943 bits per heavy atom. The number of ether oxygens (including phenoxy) is 1. The van der Waals surface area contributed by atoms with E-state index in [2.05, 4.69) is 259 Å². The van der Waals surface area contributed by atoms with Crippen molar-refractivity contribution in [3.63, 3.8) is 0 Å². The van der Waals surface area contributed by atoms with Crippen LogP contribution in [0.25, 0.3) is 71.6 Å². The van der Waals surface area contributed by atoms with Crippen LogP contribution in [0.1, 0.15) is 27.8 Å². The van der Waals surface area contributed by atoms with Gasteiger partial charge in [-0.25, -0.2) is 0 Å². The minimum Gasteiger partial charge on any atom is -0.497 e. The Bertz CT molecular complexity index is 3870. The number of para-hydroxylation sites is 2. The Balaban J connectivity index is 0.991. The van der Waals surface area contributed by atoms with Crippen molar-refractivity contribution >= 4 is 49.6 Å². The maximum atomic E-state index is 5.56. The smallest absolute Gasteiger partial charge is 0.119 e. The van der Waals surface area contributed by atoms with E-state index in [0.29, 0.717) is 0 Å². The maximum absolute atomic E-state index is 5.56. The summed E-state index contributed by atoms with van der Waals surface area (Å²) < 4.78 is 8.06. The van der Waals surface area contributed by atoms with E-state index in [1.807, 2.05) is 12.1 Å². The molecule has 3 nitrogen and oxygen atoms in total. The summed E-state index contributed by atoms with van der Waals surface area (Å²) in [5, 5.41) is 4.97. The molecule has 1 aliphatic carbocycles. The van der Waals surface area contributed by atoms with Crippen LogP contribution in [0, 0.1) is 6.92 Å². The minimum absolute atomic E-state index is 0.507. The first-order valence-corrected chi connectivity index (χ1v) is 24.1. The zero-order valence-electron chi connectivity index (χ0n) is 39.1. The average molecular weight is 897 g/mol. The number of aromatic nitrogens is 1. The number of aryl methyl sites for hydroxylation is 1. The van der Waals surface area contributed by atoms with E-state index in [0.717, 1.165) is 39.6 Å². The van der Waals surface area contributed by atoms with Gasteiger partial charge in [-0.1, -0.05) is 194 Å². The molecule has 0 radical (unpaired) electrons. The highest BCUT2D eigenvalue weighted by molar-refractivity contribution is 6.24. The van der Waals surface area contributed by atoms with Crippen LogP contribution in [0.2, 0.25) is 0 Å². The normalized spacial score (nSPS) is 12.5. The molecule has 0 aliphatic heterocycles. The van der Waals surface area contributed by atoms with E-state index >= 15 is 0 Å². The first kappa shape index (κ1) is 41.3. The monoisotopic (exact) mass is 896 g/mol. The number of benzene rings is 11. The molecular weight excluding hydrogens is 849 g/mol. The fourth-order valence-corrected chi connectivity index (χ4v) is 11.5. The third-order valence-corrected chi connectivity index (χ3v) is 14.7. The van der Waals surface area contributed by atoms with Crippen LogP contribution < -0.4 is 9.64 Å². The van der Waals surface area contributed by atoms with Crippen molar-refractivity contribution in [2.45, 2.75) is 12.3 Å². The standard InChI is InChI=1S/C67H48N2O/c1-45-29-35-50(36-30-45)68(51-37-40-53(70-2)41-38-51)63-27-15-12-21-54(63)46-31-33-47(34-32-46)60-44-65-66(58-24-10-9-22-55(58)60)59-25-13-16-28-64(59)69(65)52-39-42-57-56-23-11-14-26-61(56)67(62(57)43-52,48-17-5-3-6-18-48)49-19-7-4-8-20-49/h3-44H,1-2H3. The second kappa shape index (κ2) is 16.7. The maximum Gasteiger partial charge on any atom is 0.119 e. The molecule has 13 rings (SSSR count). The van der Waals surface area contributed by atoms with Crippen molar-refractivity contribution in [3.8, 4) is 44.8 Å². The van der Waals surface area contributed by atoms with E-state index in [1.54, 1.807) is 7.11 Å². The zero-order valence-corrected chi connectivity index (χ0v) is 39.1. The van der Waals surface area contributed by atoms with Crippen molar-refractivity contribution in [2.75, 3.05) is 12.0 Å². The van der Waals surface area contributed by atoms with Gasteiger partial charge in [0.25, 0.3) is 0 Å². The summed E-state index contributed by atoms with van der Waals surface area (Å²) in [7, 11) is 1.71. The van der Waals surface area contributed by atoms with Crippen LogP contribution in [0.4, 0.5) is 17.1 Å². The molecule has 1 aliphatic rings. The van der Waals surface area contributed by atoms with Gasteiger partial charge in [-0.2, -0.15) is 0 Å². The Hall–Kier alpha value is -8.92. The third kappa shape index (κ3) is 6.43.